The lowest BCUT2D eigenvalue weighted by Crippen LogP contribution is -2.43. The number of aromatic amines is 5. The molecule has 0 unspecified atom stereocenters. The van der Waals surface area contributed by atoms with Gasteiger partial charge in [-0.1, -0.05) is 141 Å². The summed E-state index contributed by atoms with van der Waals surface area (Å²) in [6, 6.07) is 50.7. The van der Waals surface area contributed by atoms with Crippen molar-refractivity contribution < 1.29 is 76.5 Å². The lowest BCUT2D eigenvalue weighted by molar-refractivity contribution is -0.138. The lowest BCUT2D eigenvalue weighted by atomic mass is 9.96. The van der Waals surface area contributed by atoms with Crippen LogP contribution in [0.2, 0.25) is 0 Å². The summed E-state index contributed by atoms with van der Waals surface area (Å²) in [7, 11) is 2.93. The third-order valence-electron chi connectivity index (χ3n) is 20.5. The fourth-order valence-electron chi connectivity index (χ4n) is 14.0. The molecule has 11 N–H and O–H groups in total. The maximum Gasteiger partial charge on any atom is 0.416 e. The van der Waals surface area contributed by atoms with Gasteiger partial charge < -0.3 is 41.4 Å². The zero-order chi connectivity index (χ0) is 96.1. The monoisotopic (exact) mass is 1840 g/mol. The molecule has 0 saturated heterocycles. The van der Waals surface area contributed by atoms with Crippen LogP contribution >= 0.6 is 0 Å². The van der Waals surface area contributed by atoms with Gasteiger partial charge in [-0.25, -0.2) is 50.4 Å². The molecule has 5 heterocycles. The van der Waals surface area contributed by atoms with Crippen LogP contribution in [0.25, 0.3) is 125 Å². The highest BCUT2D eigenvalue weighted by Gasteiger charge is 2.32. The number of anilines is 4. The van der Waals surface area contributed by atoms with Crippen molar-refractivity contribution in [3.05, 3.63) is 337 Å². The van der Waals surface area contributed by atoms with Crippen molar-refractivity contribution in [1.29, 1.82) is 0 Å². The number of hydrogen-bond donors (Lipinski definition) is 11. The zero-order valence-corrected chi connectivity index (χ0v) is 72.3. The third-order valence-corrected chi connectivity index (χ3v) is 20.5. The van der Waals surface area contributed by atoms with Crippen LogP contribution in [0, 0.1) is 48.0 Å². The first-order valence-corrected chi connectivity index (χ1v) is 41.4. The highest BCUT2D eigenvalue weighted by Crippen LogP contribution is 2.41. The average Bonchev–Trinajstić information content (AvgIpc) is 1.63. The van der Waals surface area contributed by atoms with Gasteiger partial charge >= 0.3 is 30.4 Å². The number of hydrogen-bond acceptors (Lipinski definition) is 10. The number of nitrogens with zero attached hydrogens (tertiary/aromatic N) is 7. The number of carbonyl (C=O) groups excluding carboxylic acids is 3. The standard InChI is InChI=1S/C22H22F2N4O.C22H16F2N4O.C20H20F2N4O.2C18H12F3N3O/c2*23-15-9-6-14(7-10-15)8-11-19-17-12-21(18(24)13-20(17)28-27-19)26-22(29)25-16-4-2-1-3-5-16;1-20(2,3)24-19(27)23-18-10-14-16(25-26-17(14)11-15(18)22)9-6-12-4-7-13(21)8-5-12;1-22-15-10-9-14-16(17(15)25-2)13(23-24-14)8-5-11-3-6-12(7-4-11)18(19,20)21;1-22-15-9-8-14-16(17(15)25-2)13(23-24-14)7-6-11-4-3-5-12(10-11)18(19,20)21/h6-13,16H,1-5H2,(H,27,28)(H2,25,26,29);1-13H,(H,27,28)(H2,25,26,29);4-11H,1-3H3,(H,25,26)(H2,23,24,27);2*3-10H,2H3,(H,23,24)/b2*11-8+;9-6+;8-5+;7-6+. The molecule has 17 rings (SSSR count). The van der Waals surface area contributed by atoms with E-state index in [1.54, 1.807) is 152 Å². The smallest absolute Gasteiger partial charge is 0.416 e. The minimum atomic E-state index is -4.39. The summed E-state index contributed by atoms with van der Waals surface area (Å²) in [5.41, 5.74) is 8.71. The average molecular weight is 1840 g/mol. The summed E-state index contributed by atoms with van der Waals surface area (Å²) in [6.07, 6.45) is 13.6. The fourth-order valence-corrected chi connectivity index (χ4v) is 14.0. The number of carbonyl (C=O) groups is 3. The summed E-state index contributed by atoms with van der Waals surface area (Å²) in [4.78, 5) is 43.3. The van der Waals surface area contributed by atoms with Crippen molar-refractivity contribution in [2.45, 2.75) is 76.8 Å². The summed E-state index contributed by atoms with van der Waals surface area (Å²) in [6.45, 7) is 19.9. The summed E-state index contributed by atoms with van der Waals surface area (Å²) in [5, 5.41) is 54.0. The van der Waals surface area contributed by atoms with E-state index in [9.17, 15) is 67.1 Å². The molecule has 1 aliphatic carbocycles. The van der Waals surface area contributed by atoms with Crippen LogP contribution in [0.5, 0.6) is 11.5 Å². The predicted molar refractivity (Wildman–Crippen MR) is 503 cm³/mol. The minimum Gasteiger partial charge on any atom is -0.507 e. The van der Waals surface area contributed by atoms with Crippen LogP contribution < -0.4 is 41.4 Å². The molecule has 35 heteroatoms. The zero-order valence-electron chi connectivity index (χ0n) is 72.3. The van der Waals surface area contributed by atoms with E-state index in [0.717, 1.165) is 66.6 Å². The van der Waals surface area contributed by atoms with E-state index in [0.29, 0.717) is 123 Å². The van der Waals surface area contributed by atoms with Crippen molar-refractivity contribution in [3.8, 4) is 11.5 Å². The Morgan fingerprint density at radius 3 is 1.13 bits per heavy atom. The molecule has 686 valence electrons. The van der Waals surface area contributed by atoms with Gasteiger partial charge in [-0.2, -0.15) is 51.8 Å². The van der Waals surface area contributed by atoms with Gasteiger partial charge in [0.1, 0.15) is 46.4 Å². The molecule has 16 aromatic rings. The van der Waals surface area contributed by atoms with Gasteiger partial charge in [0.15, 0.2) is 0 Å². The van der Waals surface area contributed by atoms with E-state index >= 15 is 0 Å². The van der Waals surface area contributed by atoms with E-state index < -0.39 is 64.6 Å². The number of benzene rings is 11. The number of rotatable bonds is 17. The number of para-hydroxylation sites is 1. The summed E-state index contributed by atoms with van der Waals surface area (Å²) >= 11 is 0. The molecule has 135 heavy (non-hydrogen) atoms. The number of urea groups is 3. The number of aromatic nitrogens is 10. The molecule has 0 atom stereocenters. The van der Waals surface area contributed by atoms with Gasteiger partial charge in [0.25, 0.3) is 0 Å². The molecular formula is C100H82F12N18O5. The van der Waals surface area contributed by atoms with Gasteiger partial charge in [-0.3, -0.25) is 25.5 Å². The van der Waals surface area contributed by atoms with Crippen molar-refractivity contribution in [2.24, 2.45) is 0 Å². The SMILES string of the molecule is CC(C)(C)NC(=O)Nc1cc2c(/C=C/c3ccc(F)cc3)n[nH]c2cc1F.O=C(Nc1cc2c(/C=C/c3ccc(F)cc3)n[nH]c2cc1F)NC1CCCCC1.O=C(Nc1ccccc1)Nc1cc2c(/C=C/c3ccc(F)cc3)n[nH]c2cc1F.[C-]#[N+]c1ccc2[nH]nc(/C=C/c3ccc(C(F)(F)F)cc3)c2c1OC.[C-]#[N+]c1ccc2[nH]nc(/C=C/c3cccc(C(F)(F)F)c3)c2c1OC. The van der Waals surface area contributed by atoms with Crippen molar-refractivity contribution >= 4 is 167 Å². The van der Waals surface area contributed by atoms with E-state index in [1.165, 1.54) is 112 Å². The molecule has 6 amide bonds. The van der Waals surface area contributed by atoms with Gasteiger partial charge in [-0.05, 0) is 195 Å². The number of alkyl halides is 6. The molecule has 0 radical (unpaired) electrons. The molecule has 5 aromatic heterocycles. The second-order valence-electron chi connectivity index (χ2n) is 31.3. The first-order valence-electron chi connectivity index (χ1n) is 41.4. The number of nitrogens with one attached hydrogen (secondary N) is 11. The molecule has 23 nitrogen and oxygen atoms in total. The molecule has 0 spiro atoms. The van der Waals surface area contributed by atoms with Gasteiger partial charge in [0, 0.05) is 51.6 Å². The topological polar surface area (TPSA) is 294 Å². The Kier molecular flexibility index (Phi) is 30.6. The third kappa shape index (κ3) is 25.6. The molecule has 1 aliphatic rings. The molecule has 0 aliphatic heterocycles. The maximum absolute atomic E-state index is 14.4. The molecular weight excluding hydrogens is 1760 g/mol. The van der Waals surface area contributed by atoms with E-state index in [-0.39, 0.29) is 40.6 Å². The van der Waals surface area contributed by atoms with Crippen LogP contribution in [0.4, 0.5) is 101 Å². The van der Waals surface area contributed by atoms with E-state index in [2.05, 4.69) is 92.6 Å². The predicted octanol–water partition coefficient (Wildman–Crippen LogP) is 26.7. The Morgan fingerprint density at radius 1 is 0.378 bits per heavy atom. The van der Waals surface area contributed by atoms with E-state index in [4.69, 9.17) is 22.6 Å². The minimum absolute atomic E-state index is 0.0313. The van der Waals surface area contributed by atoms with Crippen LogP contribution in [0.3, 0.4) is 0 Å². The lowest BCUT2D eigenvalue weighted by Gasteiger charge is -2.22. The first-order chi connectivity index (χ1) is 64.7. The number of methoxy groups -OCH3 is 2. The number of amides is 6. The second kappa shape index (κ2) is 43.2. The Bertz CT molecular complexity index is 7180. The number of H-pyrrole nitrogens is 5. The normalized spacial score (nSPS) is 12.4. The number of ether oxygens (including phenoxy) is 2. The Balaban J connectivity index is 0.000000143. The highest BCUT2D eigenvalue weighted by atomic mass is 19.4. The highest BCUT2D eigenvalue weighted by molar-refractivity contribution is 6.04. The number of halogens is 12. The number of fused-ring (bicyclic) bond motifs is 5. The van der Waals surface area contributed by atoms with Gasteiger partial charge in [0.2, 0.25) is 11.4 Å². The van der Waals surface area contributed by atoms with Gasteiger partial charge in [0.05, 0.1) is 122 Å². The van der Waals surface area contributed by atoms with Gasteiger partial charge in [-0.15, -0.1) is 0 Å². The van der Waals surface area contributed by atoms with Crippen LogP contribution in [-0.2, 0) is 12.4 Å². The Hall–Kier alpha value is -17.0. The van der Waals surface area contributed by atoms with Crippen molar-refractivity contribution in [2.75, 3.05) is 35.5 Å². The molecule has 11 aromatic carbocycles. The molecule has 1 fully saturated rings. The summed E-state index contributed by atoms with van der Waals surface area (Å²) < 4.78 is 169. The van der Waals surface area contributed by atoms with Crippen LogP contribution in [0.1, 0.15) is 120 Å². The second-order valence-corrected chi connectivity index (χ2v) is 31.3. The largest absolute Gasteiger partial charge is 0.507 e. The quantitative estimate of drug-likeness (QED) is 0.0303. The fraction of sp³-hybridized carbons (Fsp3) is 0.140. The summed E-state index contributed by atoms with van der Waals surface area (Å²) in [5.74, 6) is -1.82. The Morgan fingerprint density at radius 2 is 0.741 bits per heavy atom. The maximum atomic E-state index is 14.4. The van der Waals surface area contributed by atoms with Crippen LogP contribution in [-0.4, -0.2) is 94.9 Å². The first kappa shape index (κ1) is 95.6. The molecule has 1 saturated carbocycles. The van der Waals surface area contributed by atoms with Crippen LogP contribution in [0.15, 0.2) is 212 Å². The Labute approximate surface area is 763 Å². The van der Waals surface area contributed by atoms with Crippen molar-refractivity contribution in [1.82, 2.24) is 61.6 Å². The van der Waals surface area contributed by atoms with E-state index in [1.807, 2.05) is 26.8 Å². The van der Waals surface area contributed by atoms with Crippen molar-refractivity contribution in [3.63, 3.8) is 0 Å². The molecule has 0 bridgehead atoms.